The molecule has 6 heteroatoms. The van der Waals surface area contributed by atoms with Gasteiger partial charge in [-0.15, -0.1) is 0 Å². The summed E-state index contributed by atoms with van der Waals surface area (Å²) in [5, 5.41) is 9.32. The number of carbonyl (C=O) groups excluding carboxylic acids is 2. The maximum Gasteiger partial charge on any atom is 0.337 e. The fraction of sp³-hybridized carbons (Fsp3) is 0.400. The summed E-state index contributed by atoms with van der Waals surface area (Å²) in [6.07, 6.45) is 0.355. The van der Waals surface area contributed by atoms with E-state index in [-0.39, 0.29) is 22.5 Å². The van der Waals surface area contributed by atoms with Gasteiger partial charge in [0.25, 0.3) is 0 Å². The number of aryl methyl sites for hydroxylation is 1. The first-order valence-corrected chi connectivity index (χ1v) is 7.65. The molecule has 1 heterocycles. The highest BCUT2D eigenvalue weighted by molar-refractivity contribution is 8.13. The molecule has 1 aromatic rings. The summed E-state index contributed by atoms with van der Waals surface area (Å²) in [6, 6.07) is 4.98. The number of hydrogen-bond donors (Lipinski definition) is 1. The van der Waals surface area contributed by atoms with Crippen LogP contribution in [0.2, 0.25) is 0 Å². The van der Waals surface area contributed by atoms with Crippen molar-refractivity contribution in [1.29, 1.82) is 0 Å². The molecule has 1 aromatic carbocycles. The molecule has 1 N–H and O–H groups in total. The van der Waals surface area contributed by atoms with Crippen molar-refractivity contribution in [2.45, 2.75) is 20.3 Å². The maximum absolute atomic E-state index is 12.2. The molecule has 112 valence electrons. The lowest BCUT2D eigenvalue weighted by molar-refractivity contribution is -0.117. The lowest BCUT2D eigenvalue weighted by Crippen LogP contribution is -2.27. The Hall–Kier alpha value is -1.82. The second-order valence-corrected chi connectivity index (χ2v) is 6.35. The second kappa shape index (κ2) is 6.30. The molecule has 5 nitrogen and oxygen atoms in total. The van der Waals surface area contributed by atoms with Crippen LogP contribution in [-0.4, -0.2) is 34.4 Å². The van der Waals surface area contributed by atoms with Crippen molar-refractivity contribution in [3.8, 4) is 0 Å². The molecule has 1 amide bonds. The van der Waals surface area contributed by atoms with Gasteiger partial charge < -0.3 is 10.0 Å². The molecule has 2 rings (SSSR count). The Morgan fingerprint density at radius 1 is 1.43 bits per heavy atom. The van der Waals surface area contributed by atoms with Gasteiger partial charge in [0.1, 0.15) is 0 Å². The van der Waals surface area contributed by atoms with Gasteiger partial charge in [0.15, 0.2) is 5.12 Å². The van der Waals surface area contributed by atoms with Crippen molar-refractivity contribution in [3.63, 3.8) is 0 Å². The molecule has 0 saturated carbocycles. The highest BCUT2D eigenvalue weighted by Crippen LogP contribution is 2.32. The number of rotatable bonds is 4. The number of carboxylic acid groups (broad SMARTS) is 1. The van der Waals surface area contributed by atoms with Crippen LogP contribution < -0.4 is 4.90 Å². The molecule has 1 saturated heterocycles. The number of carboxylic acids is 1. The third-order valence-electron chi connectivity index (χ3n) is 3.47. The second-order valence-electron chi connectivity index (χ2n) is 5.15. The Morgan fingerprint density at radius 2 is 2.14 bits per heavy atom. The Bertz CT molecular complexity index is 599. The van der Waals surface area contributed by atoms with Crippen LogP contribution in [0, 0.1) is 12.8 Å². The van der Waals surface area contributed by atoms with Gasteiger partial charge in [0.05, 0.1) is 11.3 Å². The maximum atomic E-state index is 12.2. The number of nitrogens with zero attached hydrogens (tertiary/aromatic N) is 1. The van der Waals surface area contributed by atoms with Crippen molar-refractivity contribution in [2.24, 2.45) is 5.92 Å². The molecule has 0 spiro atoms. The standard InChI is InChI=1S/C15H17NO4S/c1-9-4-3-5-12(15(19)20)14(9)16-7-11(6-13(16)18)8-21-10(2)17/h3-5,11H,6-8H2,1-2H3,(H,19,20). The lowest BCUT2D eigenvalue weighted by Gasteiger charge is -2.21. The number of carbonyl (C=O) groups is 3. The van der Waals surface area contributed by atoms with Gasteiger partial charge in [0, 0.05) is 25.6 Å². The van der Waals surface area contributed by atoms with Gasteiger partial charge in [0.2, 0.25) is 5.91 Å². The first-order chi connectivity index (χ1) is 9.90. The normalized spacial score (nSPS) is 18.1. The van der Waals surface area contributed by atoms with Crippen molar-refractivity contribution >= 4 is 34.4 Å². The third-order valence-corrected chi connectivity index (χ3v) is 4.51. The molecular weight excluding hydrogens is 290 g/mol. The van der Waals surface area contributed by atoms with E-state index in [1.54, 1.807) is 24.0 Å². The monoisotopic (exact) mass is 307 g/mol. The Kier molecular flexibility index (Phi) is 4.67. The number of benzene rings is 1. The van der Waals surface area contributed by atoms with Crippen molar-refractivity contribution in [1.82, 2.24) is 0 Å². The van der Waals surface area contributed by atoms with Crippen LogP contribution >= 0.6 is 11.8 Å². The van der Waals surface area contributed by atoms with Gasteiger partial charge >= 0.3 is 5.97 Å². The summed E-state index contributed by atoms with van der Waals surface area (Å²) in [5.74, 6) is -0.456. The highest BCUT2D eigenvalue weighted by Gasteiger charge is 2.33. The molecule has 0 bridgehead atoms. The zero-order valence-corrected chi connectivity index (χ0v) is 12.8. The molecule has 1 aliphatic heterocycles. The number of thioether (sulfide) groups is 1. The summed E-state index contributed by atoms with van der Waals surface area (Å²) in [7, 11) is 0. The molecule has 1 fully saturated rings. The molecule has 1 aliphatic rings. The number of hydrogen-bond acceptors (Lipinski definition) is 4. The summed E-state index contributed by atoms with van der Waals surface area (Å²) >= 11 is 1.21. The van der Waals surface area contributed by atoms with Crippen LogP contribution in [0.25, 0.3) is 0 Å². The highest BCUT2D eigenvalue weighted by atomic mass is 32.2. The van der Waals surface area contributed by atoms with Crippen LogP contribution in [0.3, 0.4) is 0 Å². The molecule has 1 atom stereocenters. The van der Waals surface area contributed by atoms with E-state index in [0.29, 0.717) is 24.4 Å². The minimum absolute atomic E-state index is 0.0306. The average Bonchev–Trinajstić information content (AvgIpc) is 2.77. The van der Waals surface area contributed by atoms with Crippen molar-refractivity contribution < 1.29 is 19.5 Å². The van der Waals surface area contributed by atoms with E-state index >= 15 is 0 Å². The summed E-state index contributed by atoms with van der Waals surface area (Å²) in [4.78, 5) is 36.1. The zero-order chi connectivity index (χ0) is 15.6. The van der Waals surface area contributed by atoms with Gasteiger partial charge in [-0.05, 0) is 24.5 Å². The first-order valence-electron chi connectivity index (χ1n) is 6.66. The number of amides is 1. The number of para-hydroxylation sites is 1. The Labute approximate surface area is 127 Å². The minimum Gasteiger partial charge on any atom is -0.478 e. The van der Waals surface area contributed by atoms with Crippen LogP contribution in [0.4, 0.5) is 5.69 Å². The van der Waals surface area contributed by atoms with Crippen LogP contribution in [-0.2, 0) is 9.59 Å². The fourth-order valence-corrected chi connectivity index (χ4v) is 3.23. The lowest BCUT2D eigenvalue weighted by atomic mass is 10.1. The van der Waals surface area contributed by atoms with E-state index in [9.17, 15) is 19.5 Å². The average molecular weight is 307 g/mol. The van der Waals surface area contributed by atoms with Gasteiger partial charge in [-0.2, -0.15) is 0 Å². The summed E-state index contributed by atoms with van der Waals surface area (Å²) in [5.41, 5.74) is 1.39. The summed E-state index contributed by atoms with van der Waals surface area (Å²) in [6.45, 7) is 3.76. The first kappa shape index (κ1) is 15.6. The topological polar surface area (TPSA) is 74.7 Å². The van der Waals surface area contributed by atoms with E-state index in [2.05, 4.69) is 0 Å². The molecule has 1 unspecified atom stereocenters. The van der Waals surface area contributed by atoms with Crippen LogP contribution in [0.5, 0.6) is 0 Å². The predicted molar refractivity (Wildman–Crippen MR) is 81.7 cm³/mol. The van der Waals surface area contributed by atoms with E-state index in [0.717, 1.165) is 5.56 Å². The van der Waals surface area contributed by atoms with E-state index in [4.69, 9.17) is 0 Å². The molecule has 21 heavy (non-hydrogen) atoms. The van der Waals surface area contributed by atoms with Gasteiger partial charge in [-0.25, -0.2) is 4.79 Å². The van der Waals surface area contributed by atoms with Crippen LogP contribution in [0.1, 0.15) is 29.3 Å². The van der Waals surface area contributed by atoms with Crippen LogP contribution in [0.15, 0.2) is 18.2 Å². The fourth-order valence-electron chi connectivity index (χ4n) is 2.53. The third kappa shape index (κ3) is 3.44. The van der Waals surface area contributed by atoms with Crippen molar-refractivity contribution in [2.75, 3.05) is 17.2 Å². The summed E-state index contributed by atoms with van der Waals surface area (Å²) < 4.78 is 0. The number of aromatic carboxylic acids is 1. The SMILES string of the molecule is CC(=O)SCC1CC(=O)N(c2c(C)cccc2C(=O)O)C1. The Morgan fingerprint density at radius 3 is 2.76 bits per heavy atom. The van der Waals surface area contributed by atoms with E-state index in [1.165, 1.54) is 24.8 Å². The smallest absolute Gasteiger partial charge is 0.337 e. The molecular formula is C15H17NO4S. The van der Waals surface area contributed by atoms with Gasteiger partial charge in [-0.3, -0.25) is 9.59 Å². The van der Waals surface area contributed by atoms with Crippen molar-refractivity contribution in [3.05, 3.63) is 29.3 Å². The van der Waals surface area contributed by atoms with E-state index < -0.39 is 5.97 Å². The quantitative estimate of drug-likeness (QED) is 0.924. The predicted octanol–water partition coefficient (Wildman–Crippen LogP) is 2.33. The molecule has 0 radical (unpaired) electrons. The Balaban J connectivity index is 2.25. The molecule has 0 aliphatic carbocycles. The molecule has 0 aromatic heterocycles. The van der Waals surface area contributed by atoms with Gasteiger partial charge in [-0.1, -0.05) is 23.9 Å². The van der Waals surface area contributed by atoms with E-state index in [1.807, 2.05) is 0 Å². The largest absolute Gasteiger partial charge is 0.478 e. The minimum atomic E-state index is -1.04. The number of anilines is 1. The zero-order valence-electron chi connectivity index (χ0n) is 12.0.